The summed E-state index contributed by atoms with van der Waals surface area (Å²) in [6, 6.07) is 0. The standard InChI is InChI=1S/C13H25NO4S/c1-10(2)19(17,18)8-7-14-9-11-5-3-4-6-12(11)13(15)16/h10-12,14H,3-9H2,1-2H3,(H,15,16). The first-order valence-electron chi connectivity index (χ1n) is 6.99. The third-order valence-corrected chi connectivity index (χ3v) is 6.12. The van der Waals surface area contributed by atoms with Crippen molar-refractivity contribution in [3.8, 4) is 0 Å². The molecule has 1 aliphatic carbocycles. The van der Waals surface area contributed by atoms with Gasteiger partial charge >= 0.3 is 5.97 Å². The van der Waals surface area contributed by atoms with Crippen LogP contribution < -0.4 is 5.32 Å². The molecule has 112 valence electrons. The summed E-state index contributed by atoms with van der Waals surface area (Å²) in [5.74, 6) is -0.743. The number of hydrogen-bond donors (Lipinski definition) is 2. The molecule has 6 heteroatoms. The van der Waals surface area contributed by atoms with Gasteiger partial charge in [0.15, 0.2) is 9.84 Å². The molecule has 0 amide bonds. The fourth-order valence-corrected chi connectivity index (χ4v) is 3.41. The largest absolute Gasteiger partial charge is 0.481 e. The van der Waals surface area contributed by atoms with Crippen molar-refractivity contribution in [1.29, 1.82) is 0 Å². The van der Waals surface area contributed by atoms with Crippen LogP contribution in [0.25, 0.3) is 0 Å². The van der Waals surface area contributed by atoms with Crippen molar-refractivity contribution in [3.05, 3.63) is 0 Å². The summed E-state index contributed by atoms with van der Waals surface area (Å²) in [5.41, 5.74) is 0. The summed E-state index contributed by atoms with van der Waals surface area (Å²) in [6.07, 6.45) is 3.71. The van der Waals surface area contributed by atoms with E-state index in [1.807, 2.05) is 0 Å². The Hall–Kier alpha value is -0.620. The van der Waals surface area contributed by atoms with Gasteiger partial charge in [-0.05, 0) is 39.2 Å². The zero-order valence-corrected chi connectivity index (χ0v) is 12.6. The highest BCUT2D eigenvalue weighted by Crippen LogP contribution is 2.29. The first-order valence-corrected chi connectivity index (χ1v) is 8.71. The molecular weight excluding hydrogens is 266 g/mol. The summed E-state index contributed by atoms with van der Waals surface area (Å²) < 4.78 is 23.2. The van der Waals surface area contributed by atoms with Crippen LogP contribution in [0.15, 0.2) is 0 Å². The molecule has 19 heavy (non-hydrogen) atoms. The highest BCUT2D eigenvalue weighted by molar-refractivity contribution is 7.92. The monoisotopic (exact) mass is 291 g/mol. The van der Waals surface area contributed by atoms with E-state index in [4.69, 9.17) is 5.11 Å². The van der Waals surface area contributed by atoms with Crippen LogP contribution in [0.1, 0.15) is 39.5 Å². The van der Waals surface area contributed by atoms with Gasteiger partial charge in [0.25, 0.3) is 0 Å². The van der Waals surface area contributed by atoms with Crippen molar-refractivity contribution in [2.24, 2.45) is 11.8 Å². The molecule has 0 radical (unpaired) electrons. The molecule has 1 fully saturated rings. The van der Waals surface area contributed by atoms with Crippen molar-refractivity contribution in [3.63, 3.8) is 0 Å². The molecule has 0 bridgehead atoms. The van der Waals surface area contributed by atoms with Crippen LogP contribution in [0.3, 0.4) is 0 Å². The normalized spacial score (nSPS) is 24.6. The molecule has 5 nitrogen and oxygen atoms in total. The first kappa shape index (κ1) is 16.4. The number of hydrogen-bond acceptors (Lipinski definition) is 4. The Bertz CT molecular complexity index is 391. The molecule has 2 unspecified atom stereocenters. The summed E-state index contributed by atoms with van der Waals surface area (Å²) >= 11 is 0. The number of nitrogens with one attached hydrogen (secondary N) is 1. The maximum absolute atomic E-state index is 11.6. The quantitative estimate of drug-likeness (QED) is 0.691. The third-order valence-electron chi connectivity index (χ3n) is 3.91. The Balaban J connectivity index is 2.34. The maximum Gasteiger partial charge on any atom is 0.306 e. The molecule has 0 aliphatic heterocycles. The number of aliphatic carboxylic acids is 1. The first-order chi connectivity index (χ1) is 8.84. The number of carboxylic acids is 1. The van der Waals surface area contributed by atoms with Crippen molar-refractivity contribution in [1.82, 2.24) is 5.32 Å². The fourth-order valence-electron chi connectivity index (χ4n) is 2.51. The van der Waals surface area contributed by atoms with Crippen molar-refractivity contribution in [2.75, 3.05) is 18.8 Å². The van der Waals surface area contributed by atoms with Gasteiger partial charge in [-0.3, -0.25) is 4.79 Å². The Kier molecular flexibility index (Phi) is 6.26. The van der Waals surface area contributed by atoms with E-state index in [-0.39, 0.29) is 22.8 Å². The van der Waals surface area contributed by atoms with E-state index in [1.165, 1.54) is 0 Å². The van der Waals surface area contributed by atoms with Gasteiger partial charge < -0.3 is 10.4 Å². The minimum Gasteiger partial charge on any atom is -0.481 e. The van der Waals surface area contributed by atoms with Gasteiger partial charge in [-0.25, -0.2) is 8.42 Å². The summed E-state index contributed by atoms with van der Waals surface area (Å²) in [7, 11) is -3.01. The van der Waals surface area contributed by atoms with E-state index >= 15 is 0 Å². The minimum absolute atomic E-state index is 0.120. The van der Waals surface area contributed by atoms with E-state index in [0.29, 0.717) is 13.1 Å². The van der Waals surface area contributed by atoms with Crippen LogP contribution >= 0.6 is 0 Å². The molecule has 1 saturated carbocycles. The fraction of sp³-hybridized carbons (Fsp3) is 0.923. The lowest BCUT2D eigenvalue weighted by Gasteiger charge is -2.28. The number of sulfone groups is 1. The molecule has 2 N–H and O–H groups in total. The lowest BCUT2D eigenvalue weighted by molar-refractivity contribution is -0.144. The average molecular weight is 291 g/mol. The third kappa shape index (κ3) is 5.10. The smallest absolute Gasteiger partial charge is 0.306 e. The second-order valence-electron chi connectivity index (χ2n) is 5.61. The molecule has 0 aromatic rings. The van der Waals surface area contributed by atoms with E-state index in [0.717, 1.165) is 25.7 Å². The lowest BCUT2D eigenvalue weighted by atomic mass is 9.79. The zero-order chi connectivity index (χ0) is 14.5. The SMILES string of the molecule is CC(C)S(=O)(=O)CCNCC1CCCCC1C(=O)O. The second-order valence-corrected chi connectivity index (χ2v) is 8.29. The van der Waals surface area contributed by atoms with Crippen LogP contribution in [0.2, 0.25) is 0 Å². The molecular formula is C13H25NO4S. The van der Waals surface area contributed by atoms with Gasteiger partial charge in [-0.2, -0.15) is 0 Å². The number of carboxylic acid groups (broad SMARTS) is 1. The van der Waals surface area contributed by atoms with Gasteiger partial charge in [-0.15, -0.1) is 0 Å². The van der Waals surface area contributed by atoms with Gasteiger partial charge in [0.2, 0.25) is 0 Å². The molecule has 0 heterocycles. The van der Waals surface area contributed by atoms with E-state index in [2.05, 4.69) is 5.32 Å². The van der Waals surface area contributed by atoms with Crippen LogP contribution in [-0.2, 0) is 14.6 Å². The van der Waals surface area contributed by atoms with Crippen molar-refractivity contribution in [2.45, 2.75) is 44.8 Å². The molecule has 0 aromatic heterocycles. The topological polar surface area (TPSA) is 83.5 Å². The highest BCUT2D eigenvalue weighted by Gasteiger charge is 2.30. The lowest BCUT2D eigenvalue weighted by Crippen LogP contribution is -2.36. The van der Waals surface area contributed by atoms with Gasteiger partial charge in [0.1, 0.15) is 0 Å². The van der Waals surface area contributed by atoms with Crippen LogP contribution in [0, 0.1) is 11.8 Å². The van der Waals surface area contributed by atoms with Crippen LogP contribution in [0.5, 0.6) is 0 Å². The molecule has 0 spiro atoms. The molecule has 1 rings (SSSR count). The summed E-state index contributed by atoms with van der Waals surface area (Å²) in [5, 5.41) is 11.9. The van der Waals surface area contributed by atoms with Gasteiger partial charge in [0.05, 0.1) is 16.9 Å². The Morgan fingerprint density at radius 1 is 1.32 bits per heavy atom. The van der Waals surface area contributed by atoms with Gasteiger partial charge in [0, 0.05) is 6.54 Å². The Morgan fingerprint density at radius 2 is 1.95 bits per heavy atom. The Labute approximate surface area is 115 Å². The van der Waals surface area contributed by atoms with E-state index in [9.17, 15) is 13.2 Å². The predicted molar refractivity (Wildman–Crippen MR) is 74.9 cm³/mol. The minimum atomic E-state index is -3.01. The Morgan fingerprint density at radius 3 is 2.53 bits per heavy atom. The maximum atomic E-state index is 11.6. The van der Waals surface area contributed by atoms with Crippen LogP contribution in [0.4, 0.5) is 0 Å². The molecule has 0 aromatic carbocycles. The summed E-state index contributed by atoms with van der Waals surface area (Å²) in [4.78, 5) is 11.1. The molecule has 1 aliphatic rings. The molecule has 0 saturated heterocycles. The molecule has 2 atom stereocenters. The highest BCUT2D eigenvalue weighted by atomic mass is 32.2. The average Bonchev–Trinajstić information content (AvgIpc) is 2.34. The summed E-state index contributed by atoms with van der Waals surface area (Å²) in [6.45, 7) is 4.36. The van der Waals surface area contributed by atoms with Crippen molar-refractivity contribution >= 4 is 15.8 Å². The number of carbonyl (C=O) groups is 1. The second kappa shape index (κ2) is 7.24. The van der Waals surface area contributed by atoms with E-state index < -0.39 is 15.8 Å². The van der Waals surface area contributed by atoms with Crippen LogP contribution in [-0.4, -0.2) is 43.6 Å². The zero-order valence-electron chi connectivity index (χ0n) is 11.8. The van der Waals surface area contributed by atoms with E-state index in [1.54, 1.807) is 13.8 Å². The predicted octanol–water partition coefficient (Wildman–Crippen LogP) is 1.29. The van der Waals surface area contributed by atoms with Crippen molar-refractivity contribution < 1.29 is 18.3 Å². The number of rotatable bonds is 7. The van der Waals surface area contributed by atoms with Gasteiger partial charge in [-0.1, -0.05) is 12.8 Å².